The molecule has 2 aliphatic rings. The number of piperazine rings is 1. The lowest BCUT2D eigenvalue weighted by atomic mass is 9.95. The van der Waals surface area contributed by atoms with Gasteiger partial charge in [0.15, 0.2) is 5.82 Å². The summed E-state index contributed by atoms with van der Waals surface area (Å²) in [6.45, 7) is 5.11. The van der Waals surface area contributed by atoms with E-state index in [-0.39, 0.29) is 5.92 Å². The highest BCUT2D eigenvalue weighted by Gasteiger charge is 2.31. The van der Waals surface area contributed by atoms with Crippen molar-refractivity contribution in [3.63, 3.8) is 0 Å². The van der Waals surface area contributed by atoms with Crippen LogP contribution in [0.1, 0.15) is 12.8 Å². The van der Waals surface area contributed by atoms with E-state index in [1.165, 1.54) is 5.69 Å². The zero-order valence-electron chi connectivity index (χ0n) is 18.3. The van der Waals surface area contributed by atoms with Crippen LogP contribution in [-0.2, 0) is 4.79 Å². The van der Waals surface area contributed by atoms with E-state index in [4.69, 9.17) is 0 Å². The second-order valence-electron chi connectivity index (χ2n) is 8.55. The molecule has 1 amide bonds. The van der Waals surface area contributed by atoms with E-state index in [9.17, 15) is 4.79 Å². The first kappa shape index (κ1) is 20.5. The number of para-hydroxylation sites is 1. The molecule has 0 saturated carbocycles. The highest BCUT2D eigenvalue weighted by Crippen LogP contribution is 2.25. The summed E-state index contributed by atoms with van der Waals surface area (Å²) in [6, 6.07) is 24.6. The molecule has 6 nitrogen and oxygen atoms in total. The third-order valence-corrected chi connectivity index (χ3v) is 6.60. The molecule has 0 atom stereocenters. The third-order valence-electron chi connectivity index (χ3n) is 6.60. The lowest BCUT2D eigenvalue weighted by Gasteiger charge is -2.39. The first-order chi connectivity index (χ1) is 15.8. The zero-order valence-corrected chi connectivity index (χ0v) is 18.3. The fraction of sp³-hybridized carbons (Fsp3) is 0.346. The van der Waals surface area contributed by atoms with Gasteiger partial charge in [-0.2, -0.15) is 0 Å². The molecule has 0 N–H and O–H groups in total. The van der Waals surface area contributed by atoms with Gasteiger partial charge < -0.3 is 14.7 Å². The van der Waals surface area contributed by atoms with Crippen LogP contribution in [0.15, 0.2) is 72.8 Å². The average molecular weight is 428 g/mol. The number of hydrogen-bond donors (Lipinski definition) is 0. The summed E-state index contributed by atoms with van der Waals surface area (Å²) in [5, 5.41) is 8.86. The van der Waals surface area contributed by atoms with Crippen molar-refractivity contribution in [3.8, 4) is 11.3 Å². The molecule has 0 spiro atoms. The molecule has 2 aliphatic heterocycles. The van der Waals surface area contributed by atoms with Gasteiger partial charge >= 0.3 is 0 Å². The molecule has 0 unspecified atom stereocenters. The van der Waals surface area contributed by atoms with E-state index in [0.717, 1.165) is 69.2 Å². The van der Waals surface area contributed by atoms with Crippen LogP contribution in [0.25, 0.3) is 11.3 Å². The Bertz CT molecular complexity index is 1010. The number of carbonyl (C=O) groups is 1. The van der Waals surface area contributed by atoms with Gasteiger partial charge in [-0.3, -0.25) is 4.79 Å². The van der Waals surface area contributed by atoms with Gasteiger partial charge in [0.05, 0.1) is 5.69 Å². The lowest BCUT2D eigenvalue weighted by molar-refractivity contribution is -0.136. The number of aromatic nitrogens is 2. The van der Waals surface area contributed by atoms with Crippen LogP contribution in [0.2, 0.25) is 0 Å². The van der Waals surface area contributed by atoms with Crippen molar-refractivity contribution < 1.29 is 4.79 Å². The van der Waals surface area contributed by atoms with Crippen LogP contribution in [0.4, 0.5) is 11.5 Å². The SMILES string of the molecule is O=C(C1CCN(c2ccc(-c3ccccc3)nn2)CC1)N1CCN(c2ccccc2)CC1. The fourth-order valence-electron chi connectivity index (χ4n) is 4.69. The minimum atomic E-state index is 0.117. The Kier molecular flexibility index (Phi) is 6.01. The summed E-state index contributed by atoms with van der Waals surface area (Å²) >= 11 is 0. The average Bonchev–Trinajstić information content (AvgIpc) is 2.90. The van der Waals surface area contributed by atoms with Gasteiger partial charge in [0.25, 0.3) is 0 Å². The van der Waals surface area contributed by atoms with Gasteiger partial charge in [0, 0.05) is 56.4 Å². The Morgan fingerprint density at radius 2 is 1.34 bits per heavy atom. The van der Waals surface area contributed by atoms with Gasteiger partial charge in [-0.25, -0.2) is 0 Å². The predicted molar refractivity (Wildman–Crippen MR) is 128 cm³/mol. The van der Waals surface area contributed by atoms with E-state index >= 15 is 0 Å². The molecule has 3 aromatic rings. The molecule has 1 aromatic heterocycles. The number of rotatable bonds is 4. The Morgan fingerprint density at radius 3 is 1.97 bits per heavy atom. The summed E-state index contributed by atoms with van der Waals surface area (Å²) in [4.78, 5) is 19.8. The van der Waals surface area contributed by atoms with Crippen molar-refractivity contribution >= 4 is 17.4 Å². The molecule has 0 bridgehead atoms. The maximum atomic E-state index is 13.1. The highest BCUT2D eigenvalue weighted by molar-refractivity contribution is 5.79. The summed E-state index contributed by atoms with van der Waals surface area (Å²) < 4.78 is 0. The lowest BCUT2D eigenvalue weighted by Crippen LogP contribution is -2.51. The van der Waals surface area contributed by atoms with E-state index in [1.807, 2.05) is 48.5 Å². The van der Waals surface area contributed by atoms with Crippen LogP contribution in [0.3, 0.4) is 0 Å². The van der Waals surface area contributed by atoms with E-state index in [0.29, 0.717) is 5.91 Å². The first-order valence-electron chi connectivity index (χ1n) is 11.5. The molecule has 164 valence electrons. The summed E-state index contributed by atoms with van der Waals surface area (Å²) in [6.07, 6.45) is 1.75. The van der Waals surface area contributed by atoms with Gasteiger partial charge in [-0.1, -0.05) is 48.5 Å². The number of piperidine rings is 1. The number of anilines is 2. The first-order valence-corrected chi connectivity index (χ1v) is 11.5. The molecule has 6 heteroatoms. The number of carbonyl (C=O) groups excluding carboxylic acids is 1. The van der Waals surface area contributed by atoms with Crippen molar-refractivity contribution in [1.82, 2.24) is 15.1 Å². The Labute approximate surface area is 189 Å². The minimum Gasteiger partial charge on any atom is -0.368 e. The molecule has 2 saturated heterocycles. The topological polar surface area (TPSA) is 52.6 Å². The quantitative estimate of drug-likeness (QED) is 0.635. The second-order valence-corrected chi connectivity index (χ2v) is 8.55. The van der Waals surface area contributed by atoms with Crippen molar-refractivity contribution in [2.45, 2.75) is 12.8 Å². The number of nitrogens with zero attached hydrogens (tertiary/aromatic N) is 5. The third kappa shape index (κ3) is 4.44. The summed E-state index contributed by atoms with van der Waals surface area (Å²) in [5.74, 6) is 1.33. The van der Waals surface area contributed by atoms with Crippen molar-refractivity contribution in [3.05, 3.63) is 72.8 Å². The molecule has 32 heavy (non-hydrogen) atoms. The van der Waals surface area contributed by atoms with Crippen LogP contribution in [0, 0.1) is 5.92 Å². The zero-order chi connectivity index (χ0) is 21.8. The molecule has 2 aromatic carbocycles. The van der Waals surface area contributed by atoms with Gasteiger partial charge in [-0.15, -0.1) is 10.2 Å². The standard InChI is InChI=1S/C26H29N5O/c32-26(31-19-17-29(18-20-31)23-9-5-2-6-10-23)22-13-15-30(16-14-22)25-12-11-24(27-28-25)21-7-3-1-4-8-21/h1-12,22H,13-20H2. The predicted octanol–water partition coefficient (Wildman–Crippen LogP) is 3.71. The Morgan fingerprint density at radius 1 is 0.688 bits per heavy atom. The maximum absolute atomic E-state index is 13.1. The van der Waals surface area contributed by atoms with Crippen LogP contribution in [0.5, 0.6) is 0 Å². The van der Waals surface area contributed by atoms with Gasteiger partial charge in [-0.05, 0) is 37.1 Å². The number of amides is 1. The van der Waals surface area contributed by atoms with E-state index < -0.39 is 0 Å². The molecule has 2 fully saturated rings. The molecule has 0 radical (unpaired) electrons. The largest absolute Gasteiger partial charge is 0.368 e. The van der Waals surface area contributed by atoms with Gasteiger partial charge in [0.2, 0.25) is 5.91 Å². The minimum absolute atomic E-state index is 0.117. The highest BCUT2D eigenvalue weighted by atomic mass is 16.2. The van der Waals surface area contributed by atoms with Crippen molar-refractivity contribution in [2.75, 3.05) is 49.1 Å². The molecular weight excluding hydrogens is 398 g/mol. The smallest absolute Gasteiger partial charge is 0.225 e. The summed E-state index contributed by atoms with van der Waals surface area (Å²) in [7, 11) is 0. The van der Waals surface area contributed by atoms with Crippen LogP contribution >= 0.6 is 0 Å². The monoisotopic (exact) mass is 427 g/mol. The van der Waals surface area contributed by atoms with Crippen LogP contribution < -0.4 is 9.80 Å². The van der Waals surface area contributed by atoms with E-state index in [2.05, 4.69) is 49.2 Å². The normalized spacial score (nSPS) is 17.4. The van der Waals surface area contributed by atoms with Gasteiger partial charge in [0.1, 0.15) is 0 Å². The van der Waals surface area contributed by atoms with Crippen molar-refractivity contribution in [2.24, 2.45) is 5.92 Å². The number of hydrogen-bond acceptors (Lipinski definition) is 5. The maximum Gasteiger partial charge on any atom is 0.225 e. The van der Waals surface area contributed by atoms with E-state index in [1.54, 1.807) is 0 Å². The molecule has 5 rings (SSSR count). The van der Waals surface area contributed by atoms with Crippen molar-refractivity contribution in [1.29, 1.82) is 0 Å². The second kappa shape index (κ2) is 9.39. The number of benzene rings is 2. The molecule has 0 aliphatic carbocycles. The van der Waals surface area contributed by atoms with Crippen LogP contribution in [-0.4, -0.2) is 60.3 Å². The fourth-order valence-corrected chi connectivity index (χ4v) is 4.69. The summed E-state index contributed by atoms with van der Waals surface area (Å²) in [5.41, 5.74) is 3.20. The Hall–Kier alpha value is -3.41. The molecular formula is C26H29N5O. The molecule has 3 heterocycles. The Balaban J connectivity index is 1.13.